The number of aromatic nitrogens is 5. The third-order valence-electron chi connectivity index (χ3n) is 13.0. The summed E-state index contributed by atoms with van der Waals surface area (Å²) in [6.45, 7) is 0. The molecular weight excluding hydrogens is 787 g/mol. The molecule has 0 unspecified atom stereocenters. The van der Waals surface area contributed by atoms with Crippen molar-refractivity contribution in [3.63, 3.8) is 0 Å². The van der Waals surface area contributed by atoms with E-state index in [4.69, 9.17) is 15.0 Å². The van der Waals surface area contributed by atoms with E-state index in [9.17, 15) is 0 Å². The van der Waals surface area contributed by atoms with Crippen molar-refractivity contribution in [3.05, 3.63) is 200 Å². The fourth-order valence-corrected chi connectivity index (χ4v) is 11.5. The van der Waals surface area contributed by atoms with E-state index in [-0.39, 0.29) is 0 Å². The first-order valence-electron chi connectivity index (χ1n) is 21.3. The first-order chi connectivity index (χ1) is 31.3. The van der Waals surface area contributed by atoms with E-state index in [1.807, 2.05) is 18.2 Å². The zero-order chi connectivity index (χ0) is 41.2. The molecule has 0 aliphatic carbocycles. The molecule has 0 radical (unpaired) electrons. The predicted molar refractivity (Wildman–Crippen MR) is 265 cm³/mol. The van der Waals surface area contributed by atoms with Gasteiger partial charge in [-0.15, -0.1) is 11.3 Å². The molecule has 0 amide bonds. The predicted octanol–water partition coefficient (Wildman–Crippen LogP) is 15.2. The summed E-state index contributed by atoms with van der Waals surface area (Å²) in [5.41, 5.74) is 7.45. The zero-order valence-electron chi connectivity index (χ0n) is 33.7. The van der Waals surface area contributed by atoms with E-state index in [0.29, 0.717) is 17.6 Å². The van der Waals surface area contributed by atoms with Gasteiger partial charge in [0.1, 0.15) is 0 Å². The molecule has 63 heavy (non-hydrogen) atoms. The van der Waals surface area contributed by atoms with Crippen LogP contribution in [-0.4, -0.2) is 24.1 Å². The molecule has 0 aliphatic rings. The van der Waals surface area contributed by atoms with Crippen molar-refractivity contribution >= 4 is 107 Å². The normalized spacial score (nSPS) is 12.1. The number of benzene rings is 10. The molecule has 0 saturated heterocycles. The lowest BCUT2D eigenvalue weighted by Crippen LogP contribution is -2.06. The number of fused-ring (bicyclic) bond motifs is 16. The Morgan fingerprint density at radius 3 is 1.56 bits per heavy atom. The number of hydrogen-bond donors (Lipinski definition) is 0. The highest BCUT2D eigenvalue weighted by atomic mass is 32.1. The van der Waals surface area contributed by atoms with Crippen LogP contribution in [0.4, 0.5) is 0 Å². The van der Waals surface area contributed by atoms with E-state index < -0.39 is 0 Å². The molecule has 4 aromatic heterocycles. The van der Waals surface area contributed by atoms with Gasteiger partial charge in [0.25, 0.3) is 0 Å². The van der Waals surface area contributed by atoms with Crippen LogP contribution in [0, 0.1) is 0 Å². The summed E-state index contributed by atoms with van der Waals surface area (Å²) in [5, 5.41) is 14.8. The maximum absolute atomic E-state index is 5.40. The minimum Gasteiger partial charge on any atom is -0.309 e. The Morgan fingerprint density at radius 2 is 0.857 bits per heavy atom. The third-order valence-corrected chi connectivity index (χ3v) is 14.2. The van der Waals surface area contributed by atoms with E-state index in [0.717, 1.165) is 44.3 Å². The number of nitrogens with zero attached hydrogens (tertiary/aromatic N) is 5. The van der Waals surface area contributed by atoms with Gasteiger partial charge >= 0.3 is 0 Å². The maximum atomic E-state index is 5.40. The molecular formula is C57H33N5S. The molecule has 0 aliphatic heterocycles. The minimum absolute atomic E-state index is 0.583. The standard InChI is InChI=1S/C57H33N5S/c1-2-15-34(16-3-1)55-58-56(45-25-14-24-42-41-21-10-13-28-51(41)63-54(42)45)60-57(59-55)62-48-27-12-9-23-44(48)53-50(62)32-31-49-52(53)43-22-8-11-26-47(43)61(49)35-29-30-40-38-19-5-4-17-36(38)37-18-6-7-20-39(37)46(40)33-35/h1-33H. The van der Waals surface area contributed by atoms with Crippen molar-refractivity contribution < 1.29 is 0 Å². The second-order valence-corrected chi connectivity index (χ2v) is 17.4. The Kier molecular flexibility index (Phi) is 7.21. The van der Waals surface area contributed by atoms with Gasteiger partial charge in [-0.25, -0.2) is 4.98 Å². The lowest BCUT2D eigenvalue weighted by Gasteiger charge is -2.14. The zero-order valence-corrected chi connectivity index (χ0v) is 34.5. The summed E-state index contributed by atoms with van der Waals surface area (Å²) in [6, 6.07) is 72.0. The SMILES string of the molecule is c1ccc(-c2nc(-c3cccc4c3sc3ccccc34)nc(-n3c4ccccc4c4c5c6ccccc6n(-c6ccc7c8ccccc8c8ccccc8c7c6)c5ccc43)n2)cc1. The summed E-state index contributed by atoms with van der Waals surface area (Å²) >= 11 is 1.79. The highest BCUT2D eigenvalue weighted by Crippen LogP contribution is 2.44. The second kappa shape index (κ2) is 13.2. The summed E-state index contributed by atoms with van der Waals surface area (Å²) in [5.74, 6) is 1.87. The molecule has 0 saturated carbocycles. The molecule has 0 N–H and O–H groups in total. The Labute approximate surface area is 364 Å². The third kappa shape index (κ3) is 4.95. The van der Waals surface area contributed by atoms with Crippen LogP contribution < -0.4 is 0 Å². The van der Waals surface area contributed by atoms with Crippen molar-refractivity contribution in [1.29, 1.82) is 0 Å². The van der Waals surface area contributed by atoms with Crippen LogP contribution in [0.15, 0.2) is 200 Å². The van der Waals surface area contributed by atoms with Gasteiger partial charge in [-0.2, -0.15) is 9.97 Å². The Bertz CT molecular complexity index is 4180. The van der Waals surface area contributed by atoms with Crippen molar-refractivity contribution in [2.45, 2.75) is 0 Å². The Hall–Kier alpha value is -8.19. The van der Waals surface area contributed by atoms with Crippen LogP contribution in [0.3, 0.4) is 0 Å². The van der Waals surface area contributed by atoms with E-state index in [1.54, 1.807) is 11.3 Å². The summed E-state index contributed by atoms with van der Waals surface area (Å²) in [4.78, 5) is 15.9. The Morgan fingerprint density at radius 1 is 0.333 bits per heavy atom. The number of thiophene rings is 1. The molecule has 0 atom stereocenters. The van der Waals surface area contributed by atoms with Crippen LogP contribution in [0.1, 0.15) is 0 Å². The fraction of sp³-hybridized carbons (Fsp3) is 0. The van der Waals surface area contributed by atoms with Crippen LogP contribution in [0.25, 0.3) is 131 Å². The highest BCUT2D eigenvalue weighted by Gasteiger charge is 2.24. The van der Waals surface area contributed by atoms with Gasteiger partial charge in [-0.05, 0) is 80.8 Å². The largest absolute Gasteiger partial charge is 0.309 e. The first-order valence-corrected chi connectivity index (χ1v) is 22.1. The quantitative estimate of drug-likeness (QED) is 0.166. The van der Waals surface area contributed by atoms with Crippen LogP contribution in [0.5, 0.6) is 0 Å². The average Bonchev–Trinajstić information content (AvgIpc) is 4.02. The van der Waals surface area contributed by atoms with Gasteiger partial charge in [-0.1, -0.05) is 152 Å². The lowest BCUT2D eigenvalue weighted by atomic mass is 9.94. The van der Waals surface area contributed by atoms with Gasteiger partial charge in [0.2, 0.25) is 5.95 Å². The molecule has 5 nitrogen and oxygen atoms in total. The summed E-state index contributed by atoms with van der Waals surface area (Å²) in [7, 11) is 0. The van der Waals surface area contributed by atoms with Gasteiger partial charge in [-0.3, -0.25) is 4.57 Å². The van der Waals surface area contributed by atoms with Gasteiger partial charge < -0.3 is 4.57 Å². The molecule has 0 spiro atoms. The molecule has 14 rings (SSSR count). The average molecular weight is 820 g/mol. The second-order valence-electron chi connectivity index (χ2n) is 16.3. The highest BCUT2D eigenvalue weighted by molar-refractivity contribution is 7.26. The fourth-order valence-electron chi connectivity index (χ4n) is 10.3. The molecule has 0 bridgehead atoms. The van der Waals surface area contributed by atoms with Crippen molar-refractivity contribution in [1.82, 2.24) is 24.1 Å². The first kappa shape index (κ1) is 34.5. The molecule has 0 fully saturated rings. The van der Waals surface area contributed by atoms with Crippen LogP contribution in [0.2, 0.25) is 0 Å². The van der Waals surface area contributed by atoms with Crippen LogP contribution in [-0.2, 0) is 0 Å². The van der Waals surface area contributed by atoms with Crippen molar-refractivity contribution in [3.8, 4) is 34.4 Å². The van der Waals surface area contributed by atoms with E-state index >= 15 is 0 Å². The molecule has 4 heterocycles. The van der Waals surface area contributed by atoms with E-state index in [1.165, 1.54) is 68.6 Å². The van der Waals surface area contributed by atoms with E-state index in [2.05, 4.69) is 191 Å². The monoisotopic (exact) mass is 819 g/mol. The Balaban J connectivity index is 1.05. The van der Waals surface area contributed by atoms with Crippen LogP contribution >= 0.6 is 11.3 Å². The number of para-hydroxylation sites is 2. The van der Waals surface area contributed by atoms with Gasteiger partial charge in [0, 0.05) is 58.5 Å². The maximum Gasteiger partial charge on any atom is 0.238 e. The van der Waals surface area contributed by atoms with Gasteiger partial charge in [0.05, 0.1) is 22.1 Å². The summed E-state index contributed by atoms with van der Waals surface area (Å²) < 4.78 is 7.10. The molecule has 6 heteroatoms. The minimum atomic E-state index is 0.583. The van der Waals surface area contributed by atoms with Crippen molar-refractivity contribution in [2.24, 2.45) is 0 Å². The lowest BCUT2D eigenvalue weighted by molar-refractivity contribution is 0.954. The number of hydrogen-bond acceptors (Lipinski definition) is 4. The molecule has 10 aromatic carbocycles. The van der Waals surface area contributed by atoms with Gasteiger partial charge in [0.15, 0.2) is 11.6 Å². The number of rotatable bonds is 4. The molecule has 14 aromatic rings. The topological polar surface area (TPSA) is 48.5 Å². The smallest absolute Gasteiger partial charge is 0.238 e. The summed E-state index contributed by atoms with van der Waals surface area (Å²) in [6.07, 6.45) is 0. The molecule has 292 valence electrons. The van der Waals surface area contributed by atoms with Crippen molar-refractivity contribution in [2.75, 3.05) is 0 Å².